The van der Waals surface area contributed by atoms with E-state index in [0.717, 1.165) is 5.56 Å². The SMILES string of the molecule is COc1cccc(-c2noc(CNC(=O)COc3ccccc3F)n2)c1. The van der Waals surface area contributed by atoms with E-state index in [-0.39, 0.29) is 24.8 Å². The molecule has 3 aromatic rings. The highest BCUT2D eigenvalue weighted by Gasteiger charge is 2.11. The average molecular weight is 357 g/mol. The van der Waals surface area contributed by atoms with Gasteiger partial charge in [-0.3, -0.25) is 4.79 Å². The van der Waals surface area contributed by atoms with Crippen LogP contribution in [0.3, 0.4) is 0 Å². The number of aromatic nitrogens is 2. The Morgan fingerprint density at radius 1 is 1.23 bits per heavy atom. The summed E-state index contributed by atoms with van der Waals surface area (Å²) in [6.45, 7) is -0.283. The van der Waals surface area contributed by atoms with E-state index in [1.165, 1.54) is 18.2 Å². The van der Waals surface area contributed by atoms with Crippen molar-refractivity contribution in [2.45, 2.75) is 6.54 Å². The molecule has 3 rings (SSSR count). The Morgan fingerprint density at radius 2 is 2.08 bits per heavy atom. The summed E-state index contributed by atoms with van der Waals surface area (Å²) in [5.74, 6) is 0.348. The normalized spacial score (nSPS) is 10.4. The lowest BCUT2D eigenvalue weighted by Gasteiger charge is -2.06. The minimum absolute atomic E-state index is 0.0146. The maximum absolute atomic E-state index is 13.4. The Labute approximate surface area is 148 Å². The number of ether oxygens (including phenoxy) is 2. The van der Waals surface area contributed by atoms with Crippen molar-refractivity contribution >= 4 is 5.91 Å². The molecular formula is C18H16FN3O4. The van der Waals surface area contributed by atoms with Crippen LogP contribution in [0.2, 0.25) is 0 Å². The molecule has 0 saturated heterocycles. The van der Waals surface area contributed by atoms with Gasteiger partial charge in [0.1, 0.15) is 5.75 Å². The number of carbonyl (C=O) groups excluding carboxylic acids is 1. The number of hydrogen-bond acceptors (Lipinski definition) is 6. The number of hydrogen-bond donors (Lipinski definition) is 1. The van der Waals surface area contributed by atoms with Gasteiger partial charge in [-0.05, 0) is 24.3 Å². The van der Waals surface area contributed by atoms with Crippen LogP contribution in [0.25, 0.3) is 11.4 Å². The van der Waals surface area contributed by atoms with Crippen molar-refractivity contribution in [3.05, 3.63) is 60.2 Å². The number of carbonyl (C=O) groups is 1. The molecule has 2 aromatic carbocycles. The van der Waals surface area contributed by atoms with Gasteiger partial charge in [0.15, 0.2) is 18.2 Å². The molecule has 1 amide bonds. The van der Waals surface area contributed by atoms with E-state index in [0.29, 0.717) is 11.6 Å². The zero-order chi connectivity index (χ0) is 18.4. The number of halogens is 1. The molecule has 0 spiro atoms. The monoisotopic (exact) mass is 357 g/mol. The highest BCUT2D eigenvalue weighted by Crippen LogP contribution is 2.21. The summed E-state index contributed by atoms with van der Waals surface area (Å²) in [4.78, 5) is 16.0. The molecule has 0 unspecified atom stereocenters. The van der Waals surface area contributed by atoms with Gasteiger partial charge in [-0.2, -0.15) is 4.98 Å². The molecule has 26 heavy (non-hydrogen) atoms. The lowest BCUT2D eigenvalue weighted by Crippen LogP contribution is -2.28. The average Bonchev–Trinajstić information content (AvgIpc) is 3.15. The van der Waals surface area contributed by atoms with E-state index in [9.17, 15) is 9.18 Å². The summed E-state index contributed by atoms with van der Waals surface area (Å²) >= 11 is 0. The predicted octanol–water partition coefficient (Wildman–Crippen LogP) is 2.58. The van der Waals surface area contributed by atoms with Crippen LogP contribution in [0.5, 0.6) is 11.5 Å². The van der Waals surface area contributed by atoms with E-state index in [2.05, 4.69) is 15.5 Å². The van der Waals surface area contributed by atoms with Gasteiger partial charge in [0.05, 0.1) is 13.7 Å². The molecule has 1 N–H and O–H groups in total. The first-order chi connectivity index (χ1) is 12.7. The van der Waals surface area contributed by atoms with Gasteiger partial charge in [-0.25, -0.2) is 4.39 Å². The van der Waals surface area contributed by atoms with Crippen LogP contribution >= 0.6 is 0 Å². The van der Waals surface area contributed by atoms with E-state index in [1.807, 2.05) is 12.1 Å². The van der Waals surface area contributed by atoms with Crippen molar-refractivity contribution in [1.82, 2.24) is 15.5 Å². The maximum atomic E-state index is 13.4. The predicted molar refractivity (Wildman–Crippen MR) is 90.0 cm³/mol. The summed E-state index contributed by atoms with van der Waals surface area (Å²) < 4.78 is 28.8. The number of methoxy groups -OCH3 is 1. The van der Waals surface area contributed by atoms with Crippen molar-refractivity contribution in [3.63, 3.8) is 0 Å². The summed E-state index contributed by atoms with van der Waals surface area (Å²) in [7, 11) is 1.57. The van der Waals surface area contributed by atoms with Crippen molar-refractivity contribution in [2.75, 3.05) is 13.7 Å². The molecule has 0 bridgehead atoms. The molecular weight excluding hydrogens is 341 g/mol. The van der Waals surface area contributed by atoms with Crippen molar-refractivity contribution in [3.8, 4) is 22.9 Å². The lowest BCUT2D eigenvalue weighted by atomic mass is 10.2. The standard InChI is InChI=1S/C18H16FN3O4/c1-24-13-6-4-5-12(9-13)18-21-17(26-22-18)10-20-16(23)11-25-15-8-3-2-7-14(15)19/h2-9H,10-11H2,1H3,(H,20,23). The molecule has 0 saturated carbocycles. The van der Waals surface area contributed by atoms with E-state index >= 15 is 0 Å². The lowest BCUT2D eigenvalue weighted by molar-refractivity contribution is -0.123. The third kappa shape index (κ3) is 4.35. The van der Waals surface area contributed by atoms with E-state index in [1.54, 1.807) is 25.3 Å². The molecule has 7 nitrogen and oxygen atoms in total. The first kappa shape index (κ1) is 17.4. The quantitative estimate of drug-likeness (QED) is 0.699. The Bertz CT molecular complexity index is 897. The van der Waals surface area contributed by atoms with Crippen molar-refractivity contribution < 1.29 is 23.2 Å². The summed E-state index contributed by atoms with van der Waals surface area (Å²) in [6, 6.07) is 13.1. The number of nitrogens with zero attached hydrogens (tertiary/aromatic N) is 2. The van der Waals surface area contributed by atoms with Gasteiger partial charge in [0.2, 0.25) is 11.7 Å². The zero-order valence-electron chi connectivity index (χ0n) is 13.9. The molecule has 1 heterocycles. The van der Waals surface area contributed by atoms with E-state index < -0.39 is 11.7 Å². The highest BCUT2D eigenvalue weighted by molar-refractivity contribution is 5.77. The van der Waals surface area contributed by atoms with Crippen LogP contribution < -0.4 is 14.8 Å². The Balaban J connectivity index is 1.53. The number of nitrogens with one attached hydrogen (secondary N) is 1. The molecule has 0 aliphatic carbocycles. The van der Waals surface area contributed by atoms with Crippen LogP contribution in [0.15, 0.2) is 53.1 Å². The molecule has 8 heteroatoms. The molecule has 0 atom stereocenters. The van der Waals surface area contributed by atoms with Gasteiger partial charge in [-0.1, -0.05) is 29.4 Å². The van der Waals surface area contributed by atoms with Gasteiger partial charge in [0, 0.05) is 5.56 Å². The van der Waals surface area contributed by atoms with Crippen LogP contribution in [0.1, 0.15) is 5.89 Å². The largest absolute Gasteiger partial charge is 0.497 e. The smallest absolute Gasteiger partial charge is 0.258 e. The van der Waals surface area contributed by atoms with Crippen molar-refractivity contribution in [1.29, 1.82) is 0 Å². The summed E-state index contributed by atoms with van der Waals surface area (Å²) in [5, 5.41) is 6.44. The molecule has 134 valence electrons. The second-order valence-corrected chi connectivity index (χ2v) is 5.24. The molecule has 0 aliphatic rings. The topological polar surface area (TPSA) is 86.5 Å². The summed E-state index contributed by atoms with van der Waals surface area (Å²) in [5.41, 5.74) is 0.730. The molecule has 0 fully saturated rings. The molecule has 0 radical (unpaired) electrons. The van der Waals surface area contributed by atoms with Crippen molar-refractivity contribution in [2.24, 2.45) is 0 Å². The highest BCUT2D eigenvalue weighted by atomic mass is 19.1. The molecule has 1 aromatic heterocycles. The van der Waals surface area contributed by atoms with Crippen LogP contribution in [-0.4, -0.2) is 29.8 Å². The fraction of sp³-hybridized carbons (Fsp3) is 0.167. The number of rotatable bonds is 7. The number of para-hydroxylation sites is 1. The first-order valence-corrected chi connectivity index (χ1v) is 7.77. The van der Waals surface area contributed by atoms with Gasteiger partial charge < -0.3 is 19.3 Å². The first-order valence-electron chi connectivity index (χ1n) is 7.77. The third-order valence-corrected chi connectivity index (χ3v) is 3.43. The third-order valence-electron chi connectivity index (χ3n) is 3.43. The van der Waals surface area contributed by atoms with Gasteiger partial charge >= 0.3 is 0 Å². The van der Waals surface area contributed by atoms with Crippen LogP contribution in [-0.2, 0) is 11.3 Å². The van der Waals surface area contributed by atoms with E-state index in [4.69, 9.17) is 14.0 Å². The fourth-order valence-electron chi connectivity index (χ4n) is 2.14. The fourth-order valence-corrected chi connectivity index (χ4v) is 2.14. The second kappa shape index (κ2) is 8.11. The summed E-state index contributed by atoms with van der Waals surface area (Å²) in [6.07, 6.45) is 0. The molecule has 0 aliphatic heterocycles. The van der Waals surface area contributed by atoms with Gasteiger partial charge in [-0.15, -0.1) is 0 Å². The van der Waals surface area contributed by atoms with Crippen LogP contribution in [0, 0.1) is 5.82 Å². The Morgan fingerprint density at radius 3 is 2.88 bits per heavy atom. The second-order valence-electron chi connectivity index (χ2n) is 5.24. The Hall–Kier alpha value is -3.42. The van der Waals surface area contributed by atoms with Gasteiger partial charge in [0.25, 0.3) is 5.91 Å². The van der Waals surface area contributed by atoms with Crippen LogP contribution in [0.4, 0.5) is 4.39 Å². The minimum Gasteiger partial charge on any atom is -0.497 e. The number of benzene rings is 2. The minimum atomic E-state index is -0.528. The zero-order valence-corrected chi connectivity index (χ0v) is 13.9. The maximum Gasteiger partial charge on any atom is 0.258 e. The number of amides is 1. The Kier molecular flexibility index (Phi) is 5.43.